The molecule has 1 heterocycles. The standard InChI is InChI=1S/C17H21NO2/c1-3-4-5-6-9-16-14-8-7-10-17(20-13(2)19)15(14)11-12-18-16/h7-8,10-12H,3-6,9H2,1-2H3. The number of carbonyl (C=O) groups is 1. The number of aromatic nitrogens is 1. The van der Waals surface area contributed by atoms with E-state index in [0.29, 0.717) is 5.75 Å². The zero-order valence-electron chi connectivity index (χ0n) is 12.2. The van der Waals surface area contributed by atoms with Crippen LogP contribution >= 0.6 is 0 Å². The highest BCUT2D eigenvalue weighted by Crippen LogP contribution is 2.27. The number of benzene rings is 1. The molecule has 0 saturated carbocycles. The normalized spacial score (nSPS) is 10.7. The van der Waals surface area contributed by atoms with Crippen molar-refractivity contribution >= 4 is 16.7 Å². The first kappa shape index (κ1) is 14.5. The van der Waals surface area contributed by atoms with Crippen LogP contribution in [0.5, 0.6) is 5.75 Å². The number of fused-ring (bicyclic) bond motifs is 1. The summed E-state index contributed by atoms with van der Waals surface area (Å²) < 4.78 is 5.26. The van der Waals surface area contributed by atoms with Crippen LogP contribution in [0.15, 0.2) is 30.5 Å². The lowest BCUT2D eigenvalue weighted by Gasteiger charge is -2.09. The molecule has 3 nitrogen and oxygen atoms in total. The maximum Gasteiger partial charge on any atom is 0.308 e. The number of hydrogen-bond acceptors (Lipinski definition) is 3. The fourth-order valence-corrected chi connectivity index (χ4v) is 2.40. The number of aryl methyl sites for hydroxylation is 1. The van der Waals surface area contributed by atoms with Crippen molar-refractivity contribution in [3.05, 3.63) is 36.2 Å². The van der Waals surface area contributed by atoms with Crippen LogP contribution in [0.3, 0.4) is 0 Å². The minimum atomic E-state index is -0.293. The summed E-state index contributed by atoms with van der Waals surface area (Å²) in [6, 6.07) is 7.69. The van der Waals surface area contributed by atoms with Crippen LogP contribution in [-0.2, 0) is 11.2 Å². The zero-order valence-corrected chi connectivity index (χ0v) is 12.2. The Morgan fingerprint density at radius 2 is 2.00 bits per heavy atom. The molecule has 0 spiro atoms. The molecule has 0 amide bonds. The monoisotopic (exact) mass is 271 g/mol. The molecule has 0 saturated heterocycles. The van der Waals surface area contributed by atoms with Crippen LogP contribution in [0.4, 0.5) is 0 Å². The van der Waals surface area contributed by atoms with Crippen LogP contribution < -0.4 is 4.74 Å². The lowest BCUT2D eigenvalue weighted by atomic mass is 10.0. The molecule has 0 atom stereocenters. The molecule has 0 radical (unpaired) electrons. The first-order valence-corrected chi connectivity index (χ1v) is 7.27. The smallest absolute Gasteiger partial charge is 0.308 e. The molecule has 0 N–H and O–H groups in total. The van der Waals surface area contributed by atoms with E-state index < -0.39 is 0 Å². The quantitative estimate of drug-likeness (QED) is 0.447. The van der Waals surface area contributed by atoms with Gasteiger partial charge in [0.05, 0.1) is 0 Å². The Bertz CT molecular complexity index is 593. The Morgan fingerprint density at radius 1 is 1.15 bits per heavy atom. The Hall–Kier alpha value is -1.90. The second kappa shape index (κ2) is 7.04. The highest BCUT2D eigenvalue weighted by atomic mass is 16.5. The van der Waals surface area contributed by atoms with Gasteiger partial charge < -0.3 is 4.74 Å². The van der Waals surface area contributed by atoms with Crippen molar-refractivity contribution in [2.24, 2.45) is 0 Å². The number of esters is 1. The van der Waals surface area contributed by atoms with Gasteiger partial charge >= 0.3 is 5.97 Å². The van der Waals surface area contributed by atoms with E-state index in [2.05, 4.69) is 11.9 Å². The Morgan fingerprint density at radius 3 is 2.75 bits per heavy atom. The second-order valence-electron chi connectivity index (χ2n) is 5.01. The summed E-state index contributed by atoms with van der Waals surface area (Å²) in [5.74, 6) is 0.325. The van der Waals surface area contributed by atoms with Gasteiger partial charge in [-0.15, -0.1) is 0 Å². The number of unbranched alkanes of at least 4 members (excludes halogenated alkanes) is 3. The third kappa shape index (κ3) is 3.56. The molecule has 20 heavy (non-hydrogen) atoms. The summed E-state index contributed by atoms with van der Waals surface area (Å²) in [6.07, 6.45) is 7.66. The lowest BCUT2D eigenvalue weighted by Crippen LogP contribution is -2.02. The highest BCUT2D eigenvalue weighted by Gasteiger charge is 2.08. The van der Waals surface area contributed by atoms with Gasteiger partial charge in [-0.25, -0.2) is 0 Å². The number of carbonyl (C=O) groups excluding carboxylic acids is 1. The number of rotatable bonds is 6. The summed E-state index contributed by atoms with van der Waals surface area (Å²) in [5, 5.41) is 2.05. The molecule has 2 aromatic rings. The van der Waals surface area contributed by atoms with Crippen LogP contribution in [0, 0.1) is 0 Å². The molecule has 1 aromatic heterocycles. The van der Waals surface area contributed by atoms with Crippen LogP contribution in [0.25, 0.3) is 10.8 Å². The maximum atomic E-state index is 11.1. The Labute approximate surface area is 120 Å². The van der Waals surface area contributed by atoms with Crippen molar-refractivity contribution < 1.29 is 9.53 Å². The van der Waals surface area contributed by atoms with Crippen molar-refractivity contribution in [2.75, 3.05) is 0 Å². The molecule has 0 fully saturated rings. The zero-order chi connectivity index (χ0) is 14.4. The number of ether oxygens (including phenoxy) is 1. The summed E-state index contributed by atoms with van der Waals surface area (Å²) >= 11 is 0. The van der Waals surface area contributed by atoms with E-state index in [9.17, 15) is 4.79 Å². The molecule has 3 heteroatoms. The van der Waals surface area contributed by atoms with Crippen molar-refractivity contribution in [3.63, 3.8) is 0 Å². The Kier molecular flexibility index (Phi) is 5.10. The van der Waals surface area contributed by atoms with Gasteiger partial charge in [0, 0.05) is 29.6 Å². The average molecular weight is 271 g/mol. The minimum absolute atomic E-state index is 0.293. The number of pyridine rings is 1. The average Bonchev–Trinajstić information content (AvgIpc) is 2.44. The van der Waals surface area contributed by atoms with Gasteiger partial charge in [0.15, 0.2) is 0 Å². The van der Waals surface area contributed by atoms with Gasteiger partial charge in [0.1, 0.15) is 5.75 Å². The third-order valence-electron chi connectivity index (χ3n) is 3.37. The minimum Gasteiger partial charge on any atom is -0.426 e. The van der Waals surface area contributed by atoms with E-state index in [0.717, 1.165) is 29.3 Å². The second-order valence-corrected chi connectivity index (χ2v) is 5.01. The first-order chi connectivity index (χ1) is 9.72. The van der Waals surface area contributed by atoms with Crippen LogP contribution in [0.1, 0.15) is 45.2 Å². The lowest BCUT2D eigenvalue weighted by molar-refractivity contribution is -0.131. The van der Waals surface area contributed by atoms with E-state index in [4.69, 9.17) is 4.74 Å². The largest absolute Gasteiger partial charge is 0.426 e. The molecular weight excluding hydrogens is 250 g/mol. The van der Waals surface area contributed by atoms with Crippen molar-refractivity contribution in [3.8, 4) is 5.75 Å². The first-order valence-electron chi connectivity index (χ1n) is 7.27. The number of nitrogens with zero attached hydrogens (tertiary/aromatic N) is 1. The molecule has 0 bridgehead atoms. The fourth-order valence-electron chi connectivity index (χ4n) is 2.40. The van der Waals surface area contributed by atoms with Gasteiger partial charge in [0.2, 0.25) is 0 Å². The summed E-state index contributed by atoms with van der Waals surface area (Å²) in [7, 11) is 0. The van der Waals surface area contributed by atoms with Gasteiger partial charge in [0.25, 0.3) is 0 Å². The van der Waals surface area contributed by atoms with E-state index in [-0.39, 0.29) is 5.97 Å². The number of hydrogen-bond donors (Lipinski definition) is 0. The Balaban J connectivity index is 2.25. The molecule has 0 unspecified atom stereocenters. The van der Waals surface area contributed by atoms with Crippen molar-refractivity contribution in [1.29, 1.82) is 0 Å². The summed E-state index contributed by atoms with van der Waals surface area (Å²) in [4.78, 5) is 15.6. The molecule has 0 aliphatic carbocycles. The van der Waals surface area contributed by atoms with Crippen LogP contribution in [-0.4, -0.2) is 11.0 Å². The van der Waals surface area contributed by atoms with Gasteiger partial charge in [-0.3, -0.25) is 9.78 Å². The van der Waals surface area contributed by atoms with E-state index in [1.54, 1.807) is 6.20 Å². The summed E-state index contributed by atoms with van der Waals surface area (Å²) in [6.45, 7) is 3.63. The fraction of sp³-hybridized carbons (Fsp3) is 0.412. The van der Waals surface area contributed by atoms with Crippen LogP contribution in [0.2, 0.25) is 0 Å². The predicted octanol–water partition coefficient (Wildman–Crippen LogP) is 4.28. The van der Waals surface area contributed by atoms with Gasteiger partial charge in [-0.2, -0.15) is 0 Å². The molecule has 1 aromatic carbocycles. The van der Waals surface area contributed by atoms with E-state index in [1.807, 2.05) is 24.3 Å². The highest BCUT2D eigenvalue weighted by molar-refractivity contribution is 5.91. The maximum absolute atomic E-state index is 11.1. The SMILES string of the molecule is CCCCCCc1nccc2c(OC(C)=O)cccc12. The van der Waals surface area contributed by atoms with Crippen molar-refractivity contribution in [1.82, 2.24) is 4.98 Å². The van der Waals surface area contributed by atoms with E-state index in [1.165, 1.54) is 26.2 Å². The molecule has 0 aliphatic rings. The molecule has 106 valence electrons. The topological polar surface area (TPSA) is 39.2 Å². The van der Waals surface area contributed by atoms with Gasteiger partial charge in [-0.05, 0) is 25.0 Å². The summed E-state index contributed by atoms with van der Waals surface area (Å²) in [5.41, 5.74) is 1.09. The predicted molar refractivity (Wildman–Crippen MR) is 80.9 cm³/mol. The molecule has 2 rings (SSSR count). The van der Waals surface area contributed by atoms with Crippen molar-refractivity contribution in [2.45, 2.75) is 46.0 Å². The third-order valence-corrected chi connectivity index (χ3v) is 3.37. The van der Waals surface area contributed by atoms with E-state index >= 15 is 0 Å². The van der Waals surface area contributed by atoms with Gasteiger partial charge in [-0.1, -0.05) is 38.3 Å². The molecule has 0 aliphatic heterocycles. The molecular formula is C17H21NO2.